The van der Waals surface area contributed by atoms with Gasteiger partial charge in [0.15, 0.2) is 0 Å². The molecule has 0 unspecified atom stereocenters. The van der Waals surface area contributed by atoms with Crippen LogP contribution >= 0.6 is 0 Å². The van der Waals surface area contributed by atoms with Gasteiger partial charge in [-0.25, -0.2) is 0 Å². The molecule has 108 valence electrons. The molecule has 0 bridgehead atoms. The smallest absolute Gasteiger partial charge is 0.251 e. The molecule has 1 aromatic rings. The number of carbonyl (C=O) groups is 2. The molecule has 20 heavy (non-hydrogen) atoms. The monoisotopic (exact) mass is 275 g/mol. The molecule has 0 aromatic heterocycles. The highest BCUT2D eigenvalue weighted by Gasteiger charge is 2.18. The number of rotatable bonds is 7. The zero-order chi connectivity index (χ0) is 14.4. The number of hydrogen-bond acceptors (Lipinski definition) is 3. The highest BCUT2D eigenvalue weighted by atomic mass is 16.2. The summed E-state index contributed by atoms with van der Waals surface area (Å²) in [7, 11) is 0. The van der Waals surface area contributed by atoms with Crippen molar-refractivity contribution in [3.05, 3.63) is 29.3 Å². The summed E-state index contributed by atoms with van der Waals surface area (Å²) in [5.74, 6) is -0.0940. The normalized spacial score (nSPS) is 12.9. The van der Waals surface area contributed by atoms with E-state index in [1.165, 1.54) is 0 Å². The number of anilines is 1. The number of hydrogen-bond donors (Lipinski definition) is 3. The highest BCUT2D eigenvalue weighted by molar-refractivity contribution is 6.01. The van der Waals surface area contributed by atoms with Gasteiger partial charge in [0, 0.05) is 17.8 Å². The Balaban J connectivity index is 1.79. The van der Waals surface area contributed by atoms with Crippen LogP contribution in [0.15, 0.2) is 18.2 Å². The average molecular weight is 275 g/mol. The molecule has 1 aliphatic rings. The van der Waals surface area contributed by atoms with Crippen LogP contribution in [0, 0.1) is 0 Å². The van der Waals surface area contributed by atoms with Crippen molar-refractivity contribution in [2.24, 2.45) is 5.73 Å². The van der Waals surface area contributed by atoms with E-state index in [4.69, 9.17) is 5.73 Å². The van der Waals surface area contributed by atoms with Gasteiger partial charge >= 0.3 is 0 Å². The minimum atomic E-state index is -0.0778. The van der Waals surface area contributed by atoms with E-state index >= 15 is 0 Å². The van der Waals surface area contributed by atoms with Crippen molar-refractivity contribution in [2.75, 3.05) is 18.4 Å². The molecule has 5 heteroatoms. The van der Waals surface area contributed by atoms with E-state index in [1.54, 1.807) is 18.2 Å². The van der Waals surface area contributed by atoms with Crippen LogP contribution < -0.4 is 16.4 Å². The third kappa shape index (κ3) is 3.81. The maximum Gasteiger partial charge on any atom is 0.251 e. The van der Waals surface area contributed by atoms with E-state index in [0.717, 1.165) is 43.5 Å². The minimum Gasteiger partial charge on any atom is -0.352 e. The fourth-order valence-corrected chi connectivity index (χ4v) is 2.30. The Hall–Kier alpha value is -1.88. The Kier molecular flexibility index (Phi) is 5.12. The molecule has 0 saturated carbocycles. The van der Waals surface area contributed by atoms with Gasteiger partial charge in [-0.1, -0.05) is 12.8 Å². The first-order chi connectivity index (χ1) is 9.70. The Morgan fingerprint density at radius 3 is 2.85 bits per heavy atom. The Morgan fingerprint density at radius 2 is 2.05 bits per heavy atom. The lowest BCUT2D eigenvalue weighted by atomic mass is 10.1. The molecule has 0 aliphatic carbocycles. The topological polar surface area (TPSA) is 84.2 Å². The first-order valence-electron chi connectivity index (χ1n) is 7.12. The summed E-state index contributed by atoms with van der Waals surface area (Å²) in [4.78, 5) is 23.2. The number of fused-ring (bicyclic) bond motifs is 1. The van der Waals surface area contributed by atoms with Crippen molar-refractivity contribution in [2.45, 2.75) is 32.1 Å². The summed E-state index contributed by atoms with van der Waals surface area (Å²) in [5.41, 5.74) is 7.74. The van der Waals surface area contributed by atoms with Crippen LogP contribution in [0.2, 0.25) is 0 Å². The van der Waals surface area contributed by atoms with Gasteiger partial charge in [0.05, 0.1) is 6.42 Å². The summed E-state index contributed by atoms with van der Waals surface area (Å²) < 4.78 is 0. The molecule has 0 saturated heterocycles. The van der Waals surface area contributed by atoms with Crippen LogP contribution in [0.4, 0.5) is 5.69 Å². The number of benzene rings is 1. The van der Waals surface area contributed by atoms with Crippen molar-refractivity contribution in [3.63, 3.8) is 0 Å². The third-order valence-corrected chi connectivity index (χ3v) is 3.41. The Labute approximate surface area is 118 Å². The average Bonchev–Trinajstić information content (AvgIpc) is 2.81. The van der Waals surface area contributed by atoms with Crippen molar-refractivity contribution in [3.8, 4) is 0 Å². The van der Waals surface area contributed by atoms with Gasteiger partial charge in [-0.05, 0) is 43.1 Å². The highest BCUT2D eigenvalue weighted by Crippen LogP contribution is 2.23. The van der Waals surface area contributed by atoms with Crippen LogP contribution in [0.3, 0.4) is 0 Å². The summed E-state index contributed by atoms with van der Waals surface area (Å²) in [5, 5.41) is 5.66. The van der Waals surface area contributed by atoms with Gasteiger partial charge in [-0.3, -0.25) is 9.59 Å². The largest absolute Gasteiger partial charge is 0.352 e. The van der Waals surface area contributed by atoms with Crippen molar-refractivity contribution in [1.29, 1.82) is 0 Å². The third-order valence-electron chi connectivity index (χ3n) is 3.41. The second-order valence-electron chi connectivity index (χ2n) is 5.06. The number of amides is 2. The standard InChI is InChI=1S/C15H21N3O2/c16-7-3-1-2-4-8-17-15(20)11-5-6-13-12(9-11)10-14(19)18-13/h5-6,9H,1-4,7-8,10,16H2,(H,17,20)(H,18,19). The molecule has 2 amide bonds. The second kappa shape index (κ2) is 7.05. The van der Waals surface area contributed by atoms with Gasteiger partial charge in [0.2, 0.25) is 5.91 Å². The molecule has 2 rings (SSSR count). The molecule has 5 nitrogen and oxygen atoms in total. The number of nitrogens with one attached hydrogen (secondary N) is 2. The van der Waals surface area contributed by atoms with Gasteiger partial charge < -0.3 is 16.4 Å². The van der Waals surface area contributed by atoms with E-state index in [-0.39, 0.29) is 11.8 Å². The molecule has 0 radical (unpaired) electrons. The van der Waals surface area contributed by atoms with E-state index < -0.39 is 0 Å². The van der Waals surface area contributed by atoms with E-state index in [9.17, 15) is 9.59 Å². The second-order valence-corrected chi connectivity index (χ2v) is 5.06. The lowest BCUT2D eigenvalue weighted by Gasteiger charge is -2.06. The summed E-state index contributed by atoms with van der Waals surface area (Å²) in [6.45, 7) is 1.41. The molecule has 4 N–H and O–H groups in total. The molecule has 1 aliphatic heterocycles. The van der Waals surface area contributed by atoms with Crippen molar-refractivity contribution < 1.29 is 9.59 Å². The molecule has 0 spiro atoms. The molecular formula is C15H21N3O2. The lowest BCUT2D eigenvalue weighted by molar-refractivity contribution is -0.115. The Bertz CT molecular complexity index is 500. The van der Waals surface area contributed by atoms with Crippen molar-refractivity contribution in [1.82, 2.24) is 5.32 Å². The summed E-state index contributed by atoms with van der Waals surface area (Å²) in [6, 6.07) is 5.32. The molecule has 0 fully saturated rings. The molecule has 0 atom stereocenters. The lowest BCUT2D eigenvalue weighted by Crippen LogP contribution is -2.24. The van der Waals surface area contributed by atoms with Crippen molar-refractivity contribution >= 4 is 17.5 Å². The molecule has 1 heterocycles. The zero-order valence-electron chi connectivity index (χ0n) is 11.6. The molecular weight excluding hydrogens is 254 g/mol. The van der Waals surface area contributed by atoms with Gasteiger partial charge in [0.25, 0.3) is 5.91 Å². The SMILES string of the molecule is NCCCCCCNC(=O)c1ccc2c(c1)CC(=O)N2. The first kappa shape index (κ1) is 14.5. The van der Waals surface area contributed by atoms with Gasteiger partial charge in [-0.2, -0.15) is 0 Å². The molecule has 1 aromatic carbocycles. The predicted molar refractivity (Wildman–Crippen MR) is 78.6 cm³/mol. The van der Waals surface area contributed by atoms with Crippen LogP contribution in [0.25, 0.3) is 0 Å². The van der Waals surface area contributed by atoms with Crippen LogP contribution in [-0.4, -0.2) is 24.9 Å². The fraction of sp³-hybridized carbons (Fsp3) is 0.467. The van der Waals surface area contributed by atoms with Crippen LogP contribution in [-0.2, 0) is 11.2 Å². The number of carbonyl (C=O) groups excluding carboxylic acids is 2. The quantitative estimate of drug-likeness (QED) is 0.658. The number of nitrogens with two attached hydrogens (primary N) is 1. The minimum absolute atomic E-state index is 0.0162. The zero-order valence-corrected chi connectivity index (χ0v) is 11.6. The van der Waals surface area contributed by atoms with Crippen LogP contribution in [0.5, 0.6) is 0 Å². The van der Waals surface area contributed by atoms with Gasteiger partial charge in [0.1, 0.15) is 0 Å². The summed E-state index contributed by atoms with van der Waals surface area (Å²) in [6.07, 6.45) is 4.56. The first-order valence-corrected chi connectivity index (χ1v) is 7.12. The number of unbranched alkanes of at least 4 members (excludes halogenated alkanes) is 3. The maximum atomic E-state index is 12.0. The summed E-state index contributed by atoms with van der Waals surface area (Å²) >= 11 is 0. The van der Waals surface area contributed by atoms with E-state index in [0.29, 0.717) is 18.5 Å². The predicted octanol–water partition coefficient (Wildman–Crippen LogP) is 1.43. The van der Waals surface area contributed by atoms with Gasteiger partial charge in [-0.15, -0.1) is 0 Å². The van der Waals surface area contributed by atoms with E-state index in [1.807, 2.05) is 0 Å². The maximum absolute atomic E-state index is 12.0. The van der Waals surface area contributed by atoms with E-state index in [2.05, 4.69) is 10.6 Å². The fourth-order valence-electron chi connectivity index (χ4n) is 2.30. The van der Waals surface area contributed by atoms with Crippen LogP contribution in [0.1, 0.15) is 41.6 Å². The Morgan fingerprint density at radius 1 is 1.25 bits per heavy atom.